The Balaban J connectivity index is 2.68. The quantitative estimate of drug-likeness (QED) is 0.624. The third-order valence-electron chi connectivity index (χ3n) is 2.31. The van der Waals surface area contributed by atoms with Gasteiger partial charge in [-0.2, -0.15) is 0 Å². The molecule has 0 aromatic heterocycles. The highest BCUT2D eigenvalue weighted by atomic mass is 32.2. The van der Waals surface area contributed by atoms with Crippen LogP contribution in [0.5, 0.6) is 0 Å². The van der Waals surface area contributed by atoms with Crippen molar-refractivity contribution in [3.05, 3.63) is 29.8 Å². The maximum atomic E-state index is 11.6. The third-order valence-corrected chi connectivity index (χ3v) is 3.41. The second kappa shape index (κ2) is 6.45. The number of hydrogen-bond donors (Lipinski definition) is 1. The number of carbonyl (C=O) groups excluding carboxylic acids is 1. The Morgan fingerprint density at radius 3 is 2.35 bits per heavy atom. The molecule has 1 atom stereocenters. The first-order valence-corrected chi connectivity index (χ1v) is 6.45. The summed E-state index contributed by atoms with van der Waals surface area (Å²) < 4.78 is 0. The summed E-state index contributed by atoms with van der Waals surface area (Å²) in [7, 11) is 0. The van der Waals surface area contributed by atoms with E-state index in [-0.39, 0.29) is 5.78 Å². The summed E-state index contributed by atoms with van der Waals surface area (Å²) in [5.74, 6) is -0.698. The lowest BCUT2D eigenvalue weighted by molar-refractivity contribution is -0.136. The number of aliphatic carboxylic acids is 1. The van der Waals surface area contributed by atoms with E-state index in [1.807, 2.05) is 6.92 Å². The molecule has 4 heteroatoms. The van der Waals surface area contributed by atoms with Crippen molar-refractivity contribution in [1.29, 1.82) is 0 Å². The van der Waals surface area contributed by atoms with Crippen LogP contribution < -0.4 is 0 Å². The molecule has 1 unspecified atom stereocenters. The first kappa shape index (κ1) is 13.8. The van der Waals surface area contributed by atoms with Gasteiger partial charge in [0.1, 0.15) is 5.25 Å². The van der Waals surface area contributed by atoms with Crippen molar-refractivity contribution in [2.45, 2.75) is 36.8 Å². The molecule has 0 amide bonds. The molecule has 1 rings (SSSR count). The highest BCUT2D eigenvalue weighted by molar-refractivity contribution is 8.00. The van der Waals surface area contributed by atoms with Gasteiger partial charge < -0.3 is 5.11 Å². The van der Waals surface area contributed by atoms with Crippen LogP contribution in [0.3, 0.4) is 0 Å². The minimum atomic E-state index is -0.832. The van der Waals surface area contributed by atoms with E-state index in [1.165, 1.54) is 11.8 Å². The maximum absolute atomic E-state index is 11.6. The van der Waals surface area contributed by atoms with Crippen LogP contribution in [0.25, 0.3) is 0 Å². The van der Waals surface area contributed by atoms with Gasteiger partial charge in [0.15, 0.2) is 5.78 Å². The van der Waals surface area contributed by atoms with E-state index in [9.17, 15) is 9.59 Å². The van der Waals surface area contributed by atoms with Crippen molar-refractivity contribution in [2.75, 3.05) is 0 Å². The number of Topliss-reactive ketones (excluding diaryl/α,β-unsaturated/α-hetero) is 1. The third kappa shape index (κ3) is 4.23. The first-order chi connectivity index (χ1) is 8.04. The van der Waals surface area contributed by atoms with E-state index in [0.29, 0.717) is 12.0 Å². The molecular weight excluding hydrogens is 236 g/mol. The Labute approximate surface area is 105 Å². The zero-order valence-electron chi connectivity index (χ0n) is 9.97. The molecule has 0 radical (unpaired) electrons. The normalized spacial score (nSPS) is 12.1. The van der Waals surface area contributed by atoms with Gasteiger partial charge in [-0.15, -0.1) is 11.8 Å². The fourth-order valence-electron chi connectivity index (χ4n) is 1.35. The Bertz CT molecular complexity index is 398. The molecule has 3 nitrogen and oxygen atoms in total. The van der Waals surface area contributed by atoms with Gasteiger partial charge in [-0.25, -0.2) is 0 Å². The van der Waals surface area contributed by atoms with Gasteiger partial charge in [0, 0.05) is 16.9 Å². The second-order valence-electron chi connectivity index (χ2n) is 3.80. The molecule has 0 fully saturated rings. The molecule has 1 aromatic rings. The van der Waals surface area contributed by atoms with Crippen LogP contribution >= 0.6 is 11.8 Å². The van der Waals surface area contributed by atoms with Crippen molar-refractivity contribution in [1.82, 2.24) is 0 Å². The lowest BCUT2D eigenvalue weighted by Gasteiger charge is -2.06. The predicted molar refractivity (Wildman–Crippen MR) is 68.6 cm³/mol. The fourth-order valence-corrected chi connectivity index (χ4v) is 2.15. The van der Waals surface area contributed by atoms with Gasteiger partial charge in [0.05, 0.1) is 0 Å². The van der Waals surface area contributed by atoms with Gasteiger partial charge >= 0.3 is 5.97 Å². The minimum absolute atomic E-state index is 0.135. The number of carbonyl (C=O) groups is 2. The lowest BCUT2D eigenvalue weighted by Crippen LogP contribution is -2.10. The molecular formula is C13H16O3S. The summed E-state index contributed by atoms with van der Waals surface area (Å²) >= 11 is 1.27. The van der Waals surface area contributed by atoms with E-state index in [2.05, 4.69) is 0 Å². The largest absolute Gasteiger partial charge is 0.480 e. The highest BCUT2D eigenvalue weighted by Crippen LogP contribution is 2.23. The fraction of sp³-hybridized carbons (Fsp3) is 0.385. The van der Waals surface area contributed by atoms with Gasteiger partial charge in [-0.1, -0.05) is 19.1 Å². The second-order valence-corrected chi connectivity index (χ2v) is 5.21. The predicted octanol–water partition coefficient (Wildman–Crippen LogP) is 3.23. The van der Waals surface area contributed by atoms with E-state index >= 15 is 0 Å². The standard InChI is InChI=1S/C13H16O3S/c1-3-4-12(14)10-5-7-11(8-6-10)17-9(2)13(15)16/h5-9H,3-4H2,1-2H3,(H,15,16). The van der Waals surface area contributed by atoms with Crippen LogP contribution in [-0.2, 0) is 4.79 Å². The van der Waals surface area contributed by atoms with Crippen molar-refractivity contribution in [2.24, 2.45) is 0 Å². The SMILES string of the molecule is CCCC(=O)c1ccc(SC(C)C(=O)O)cc1. The van der Waals surface area contributed by atoms with E-state index < -0.39 is 11.2 Å². The van der Waals surface area contributed by atoms with Crippen molar-refractivity contribution in [3.8, 4) is 0 Å². The van der Waals surface area contributed by atoms with Gasteiger partial charge in [-0.3, -0.25) is 9.59 Å². The van der Waals surface area contributed by atoms with Crippen molar-refractivity contribution < 1.29 is 14.7 Å². The molecule has 1 aromatic carbocycles. The molecule has 0 heterocycles. The molecule has 0 bridgehead atoms. The smallest absolute Gasteiger partial charge is 0.316 e. The molecule has 0 saturated heterocycles. The van der Waals surface area contributed by atoms with E-state index in [0.717, 1.165) is 11.3 Å². The van der Waals surface area contributed by atoms with Crippen LogP contribution in [-0.4, -0.2) is 22.1 Å². The molecule has 0 saturated carbocycles. The van der Waals surface area contributed by atoms with Crippen LogP contribution in [0.15, 0.2) is 29.2 Å². The van der Waals surface area contributed by atoms with E-state index in [1.54, 1.807) is 31.2 Å². The van der Waals surface area contributed by atoms with Crippen molar-refractivity contribution >= 4 is 23.5 Å². The zero-order valence-corrected chi connectivity index (χ0v) is 10.8. The van der Waals surface area contributed by atoms with Gasteiger partial charge in [0.25, 0.3) is 0 Å². The average molecular weight is 252 g/mol. The molecule has 0 aliphatic heterocycles. The Kier molecular flexibility index (Phi) is 5.22. The van der Waals surface area contributed by atoms with Crippen LogP contribution in [0.4, 0.5) is 0 Å². The summed E-state index contributed by atoms with van der Waals surface area (Å²) in [6.07, 6.45) is 1.39. The molecule has 92 valence electrons. The van der Waals surface area contributed by atoms with Crippen LogP contribution in [0, 0.1) is 0 Å². The summed E-state index contributed by atoms with van der Waals surface area (Å²) in [5.41, 5.74) is 0.694. The number of thioether (sulfide) groups is 1. The number of ketones is 1. The molecule has 0 spiro atoms. The summed E-state index contributed by atoms with van der Waals surface area (Å²) in [5, 5.41) is 8.30. The lowest BCUT2D eigenvalue weighted by atomic mass is 10.1. The number of rotatable bonds is 6. The summed E-state index contributed by atoms with van der Waals surface area (Å²) in [4.78, 5) is 23.1. The molecule has 17 heavy (non-hydrogen) atoms. The van der Waals surface area contributed by atoms with Crippen LogP contribution in [0.1, 0.15) is 37.0 Å². The molecule has 0 aliphatic rings. The maximum Gasteiger partial charge on any atom is 0.316 e. The zero-order chi connectivity index (χ0) is 12.8. The average Bonchev–Trinajstić information content (AvgIpc) is 2.30. The van der Waals surface area contributed by atoms with Crippen LogP contribution in [0.2, 0.25) is 0 Å². The van der Waals surface area contributed by atoms with Gasteiger partial charge in [0.2, 0.25) is 0 Å². The highest BCUT2D eigenvalue weighted by Gasteiger charge is 2.12. The number of benzene rings is 1. The molecule has 0 aliphatic carbocycles. The number of carboxylic acid groups (broad SMARTS) is 1. The van der Waals surface area contributed by atoms with E-state index in [4.69, 9.17) is 5.11 Å². The molecule has 1 N–H and O–H groups in total. The monoisotopic (exact) mass is 252 g/mol. The summed E-state index contributed by atoms with van der Waals surface area (Å²) in [6, 6.07) is 7.11. The first-order valence-electron chi connectivity index (χ1n) is 5.57. The van der Waals surface area contributed by atoms with Crippen molar-refractivity contribution in [3.63, 3.8) is 0 Å². The Morgan fingerprint density at radius 1 is 1.29 bits per heavy atom. The Morgan fingerprint density at radius 2 is 1.88 bits per heavy atom. The topological polar surface area (TPSA) is 54.4 Å². The number of carboxylic acids is 1. The number of hydrogen-bond acceptors (Lipinski definition) is 3. The Hall–Kier alpha value is -1.29. The summed E-state index contributed by atoms with van der Waals surface area (Å²) in [6.45, 7) is 3.61. The van der Waals surface area contributed by atoms with Gasteiger partial charge in [-0.05, 0) is 25.5 Å². The minimum Gasteiger partial charge on any atom is -0.480 e.